The summed E-state index contributed by atoms with van der Waals surface area (Å²) in [5, 5.41) is 5.87. The maximum Gasteiger partial charge on any atom is 0.416 e. The summed E-state index contributed by atoms with van der Waals surface area (Å²) in [4.78, 5) is 14.8. The lowest BCUT2D eigenvalue weighted by atomic mass is 10.1. The van der Waals surface area contributed by atoms with Gasteiger partial charge in [0.1, 0.15) is 0 Å². The smallest absolute Gasteiger partial charge is 0.322 e. The standard InChI is InChI=1S/C14H8BrF3N4O/c15-9-3-6-11(12(7-9)21-22-19)13(23)20-10-4-1-8(2-5-10)14(16,17)18/h1-7H,(H,20,23). The number of amides is 1. The van der Waals surface area contributed by atoms with Crippen LogP contribution in [-0.4, -0.2) is 5.91 Å². The van der Waals surface area contributed by atoms with Crippen LogP contribution in [0.5, 0.6) is 0 Å². The molecule has 2 rings (SSSR count). The second-order valence-electron chi connectivity index (χ2n) is 4.38. The van der Waals surface area contributed by atoms with Gasteiger partial charge in [-0.2, -0.15) is 13.2 Å². The summed E-state index contributed by atoms with van der Waals surface area (Å²) in [6, 6.07) is 8.50. The van der Waals surface area contributed by atoms with Gasteiger partial charge in [-0.15, -0.1) is 0 Å². The SMILES string of the molecule is [N-]=[N+]=Nc1cc(Br)ccc1C(=O)Nc1ccc(C(F)(F)F)cc1. The number of halogens is 4. The van der Waals surface area contributed by atoms with Crippen LogP contribution >= 0.6 is 15.9 Å². The van der Waals surface area contributed by atoms with Gasteiger partial charge in [0.05, 0.1) is 11.3 Å². The van der Waals surface area contributed by atoms with E-state index in [0.717, 1.165) is 24.3 Å². The molecule has 5 nitrogen and oxygen atoms in total. The molecule has 0 bridgehead atoms. The molecule has 0 atom stereocenters. The average molecular weight is 385 g/mol. The molecule has 9 heteroatoms. The molecule has 0 aliphatic carbocycles. The Morgan fingerprint density at radius 3 is 2.39 bits per heavy atom. The number of nitrogens with one attached hydrogen (secondary N) is 1. The Morgan fingerprint density at radius 1 is 1.17 bits per heavy atom. The summed E-state index contributed by atoms with van der Waals surface area (Å²) in [5.41, 5.74) is 8.11. The maximum atomic E-state index is 12.5. The number of carbonyl (C=O) groups excluding carboxylic acids is 1. The third-order valence-corrected chi connectivity index (χ3v) is 3.32. The molecule has 23 heavy (non-hydrogen) atoms. The first kappa shape index (κ1) is 16.9. The Bertz CT molecular complexity index is 784. The topological polar surface area (TPSA) is 77.9 Å². The molecular formula is C14H8BrF3N4O. The molecule has 118 valence electrons. The van der Waals surface area contributed by atoms with Gasteiger partial charge < -0.3 is 5.32 Å². The number of hydrogen-bond donors (Lipinski definition) is 1. The van der Waals surface area contributed by atoms with E-state index in [2.05, 4.69) is 31.3 Å². The van der Waals surface area contributed by atoms with Crippen molar-refractivity contribution in [3.63, 3.8) is 0 Å². The predicted molar refractivity (Wildman–Crippen MR) is 82.3 cm³/mol. The van der Waals surface area contributed by atoms with Crippen LogP contribution in [0.15, 0.2) is 52.1 Å². The molecule has 2 aromatic carbocycles. The van der Waals surface area contributed by atoms with Gasteiger partial charge in [0.15, 0.2) is 0 Å². The van der Waals surface area contributed by atoms with Gasteiger partial charge in [-0.25, -0.2) is 0 Å². The number of azide groups is 1. The highest BCUT2D eigenvalue weighted by atomic mass is 79.9. The van der Waals surface area contributed by atoms with Gasteiger partial charge in [-0.05, 0) is 48.0 Å². The molecule has 0 aliphatic heterocycles. The number of anilines is 1. The van der Waals surface area contributed by atoms with Gasteiger partial charge in [0.25, 0.3) is 5.91 Å². The molecule has 1 N–H and O–H groups in total. The zero-order valence-corrected chi connectivity index (χ0v) is 12.9. The Hall–Kier alpha value is -2.51. The molecular weight excluding hydrogens is 377 g/mol. The minimum absolute atomic E-state index is 0.103. The quantitative estimate of drug-likeness (QED) is 0.413. The van der Waals surface area contributed by atoms with E-state index in [-0.39, 0.29) is 16.9 Å². The predicted octanol–water partition coefficient (Wildman–Crippen LogP) is 5.66. The molecule has 0 aromatic heterocycles. The Kier molecular flexibility index (Phi) is 4.92. The second-order valence-corrected chi connectivity index (χ2v) is 5.30. The highest BCUT2D eigenvalue weighted by Gasteiger charge is 2.30. The van der Waals surface area contributed by atoms with Crippen LogP contribution in [0.4, 0.5) is 24.5 Å². The first-order valence-electron chi connectivity index (χ1n) is 6.14. The first-order chi connectivity index (χ1) is 10.8. The summed E-state index contributed by atoms with van der Waals surface area (Å²) < 4.78 is 38.1. The fourth-order valence-electron chi connectivity index (χ4n) is 1.77. The van der Waals surface area contributed by atoms with E-state index < -0.39 is 17.6 Å². The average Bonchev–Trinajstić information content (AvgIpc) is 2.47. The van der Waals surface area contributed by atoms with Crippen LogP contribution in [0.2, 0.25) is 0 Å². The molecule has 0 spiro atoms. The molecule has 0 heterocycles. The Labute approximate surface area is 136 Å². The molecule has 1 amide bonds. The van der Waals surface area contributed by atoms with Crippen molar-refractivity contribution >= 4 is 33.2 Å². The van der Waals surface area contributed by atoms with Crippen LogP contribution in [0.1, 0.15) is 15.9 Å². The van der Waals surface area contributed by atoms with Gasteiger partial charge >= 0.3 is 6.18 Å². The van der Waals surface area contributed by atoms with Crippen LogP contribution in [0, 0.1) is 0 Å². The molecule has 0 radical (unpaired) electrons. The number of carbonyl (C=O) groups is 1. The molecule has 0 aliphatic rings. The van der Waals surface area contributed by atoms with Crippen molar-refractivity contribution in [1.82, 2.24) is 0 Å². The highest BCUT2D eigenvalue weighted by Crippen LogP contribution is 2.30. The molecule has 2 aromatic rings. The van der Waals surface area contributed by atoms with Gasteiger partial charge in [0.2, 0.25) is 0 Å². The van der Waals surface area contributed by atoms with Crippen molar-refractivity contribution < 1.29 is 18.0 Å². The number of alkyl halides is 3. The minimum atomic E-state index is -4.44. The van der Waals surface area contributed by atoms with E-state index in [4.69, 9.17) is 5.53 Å². The van der Waals surface area contributed by atoms with E-state index in [1.807, 2.05) is 0 Å². The van der Waals surface area contributed by atoms with E-state index in [1.165, 1.54) is 12.1 Å². The van der Waals surface area contributed by atoms with Crippen molar-refractivity contribution in [3.05, 3.63) is 68.5 Å². The number of rotatable bonds is 3. The molecule has 0 fully saturated rings. The summed E-state index contributed by atoms with van der Waals surface area (Å²) in [6.07, 6.45) is -4.44. The highest BCUT2D eigenvalue weighted by molar-refractivity contribution is 9.10. The molecule has 0 unspecified atom stereocenters. The van der Waals surface area contributed by atoms with Crippen LogP contribution < -0.4 is 5.32 Å². The normalized spacial score (nSPS) is 10.8. The first-order valence-corrected chi connectivity index (χ1v) is 6.94. The Balaban J connectivity index is 2.24. The van der Waals surface area contributed by atoms with Crippen LogP contribution in [0.25, 0.3) is 10.4 Å². The van der Waals surface area contributed by atoms with Gasteiger partial charge in [-0.1, -0.05) is 21.0 Å². The zero-order chi connectivity index (χ0) is 17.0. The maximum absolute atomic E-state index is 12.5. The lowest BCUT2D eigenvalue weighted by Crippen LogP contribution is -2.12. The number of hydrogen-bond acceptors (Lipinski definition) is 2. The van der Waals surface area contributed by atoms with Crippen molar-refractivity contribution in [3.8, 4) is 0 Å². The van der Waals surface area contributed by atoms with Crippen LogP contribution in [-0.2, 0) is 6.18 Å². The summed E-state index contributed by atoms with van der Waals surface area (Å²) >= 11 is 3.19. The fourth-order valence-corrected chi connectivity index (χ4v) is 2.12. The van der Waals surface area contributed by atoms with E-state index >= 15 is 0 Å². The summed E-state index contributed by atoms with van der Waals surface area (Å²) in [6.45, 7) is 0. The lowest BCUT2D eigenvalue weighted by molar-refractivity contribution is -0.137. The second kappa shape index (κ2) is 6.72. The van der Waals surface area contributed by atoms with E-state index in [1.54, 1.807) is 6.07 Å². The van der Waals surface area contributed by atoms with Crippen molar-refractivity contribution in [2.24, 2.45) is 5.11 Å². The van der Waals surface area contributed by atoms with Crippen molar-refractivity contribution in [1.29, 1.82) is 0 Å². The Morgan fingerprint density at radius 2 is 1.83 bits per heavy atom. The third-order valence-electron chi connectivity index (χ3n) is 2.83. The van der Waals surface area contributed by atoms with Gasteiger partial charge in [0, 0.05) is 20.6 Å². The van der Waals surface area contributed by atoms with Crippen molar-refractivity contribution in [2.75, 3.05) is 5.32 Å². The van der Waals surface area contributed by atoms with Gasteiger partial charge in [-0.3, -0.25) is 4.79 Å². The molecule has 0 saturated heterocycles. The number of benzene rings is 2. The minimum Gasteiger partial charge on any atom is -0.322 e. The van der Waals surface area contributed by atoms with E-state index in [9.17, 15) is 18.0 Å². The lowest BCUT2D eigenvalue weighted by Gasteiger charge is -2.10. The molecule has 0 saturated carbocycles. The van der Waals surface area contributed by atoms with E-state index in [0.29, 0.717) is 4.47 Å². The largest absolute Gasteiger partial charge is 0.416 e. The van der Waals surface area contributed by atoms with Crippen LogP contribution in [0.3, 0.4) is 0 Å². The summed E-state index contributed by atoms with van der Waals surface area (Å²) in [7, 11) is 0. The number of nitrogens with zero attached hydrogens (tertiary/aromatic N) is 3. The summed E-state index contributed by atoms with van der Waals surface area (Å²) in [5.74, 6) is -0.598. The third kappa shape index (κ3) is 4.24. The fraction of sp³-hybridized carbons (Fsp3) is 0.0714. The van der Waals surface area contributed by atoms with Crippen molar-refractivity contribution in [2.45, 2.75) is 6.18 Å². The zero-order valence-electron chi connectivity index (χ0n) is 11.3. The monoisotopic (exact) mass is 384 g/mol.